The molecule has 1 aliphatic heterocycles. The van der Waals surface area contributed by atoms with E-state index in [0.29, 0.717) is 17.8 Å². The second kappa shape index (κ2) is 7.91. The van der Waals surface area contributed by atoms with Gasteiger partial charge in [0.1, 0.15) is 0 Å². The van der Waals surface area contributed by atoms with Crippen LogP contribution in [0.2, 0.25) is 0 Å². The largest absolute Gasteiger partial charge is 0.370 e. The third-order valence-corrected chi connectivity index (χ3v) is 4.58. The van der Waals surface area contributed by atoms with Crippen LogP contribution < -0.4 is 16.0 Å². The highest BCUT2D eigenvalue weighted by Crippen LogP contribution is 2.18. The molecular formula is C20H24N4O2. The Labute approximate surface area is 153 Å². The Morgan fingerprint density at radius 3 is 2.27 bits per heavy atom. The Morgan fingerprint density at radius 1 is 0.923 bits per heavy atom. The molecule has 3 rings (SSSR count). The molecule has 136 valence electrons. The number of carbonyl (C=O) groups is 2. The van der Waals surface area contributed by atoms with E-state index in [1.54, 1.807) is 24.3 Å². The van der Waals surface area contributed by atoms with Crippen LogP contribution >= 0.6 is 0 Å². The zero-order valence-electron chi connectivity index (χ0n) is 14.9. The van der Waals surface area contributed by atoms with E-state index in [-0.39, 0.29) is 5.91 Å². The summed E-state index contributed by atoms with van der Waals surface area (Å²) in [5.74, 6) is 0.0152. The number of benzene rings is 2. The minimum Gasteiger partial charge on any atom is -0.370 e. The van der Waals surface area contributed by atoms with E-state index in [9.17, 15) is 9.59 Å². The fraction of sp³-hybridized carbons (Fsp3) is 0.300. The van der Waals surface area contributed by atoms with Crippen molar-refractivity contribution in [2.75, 3.05) is 36.4 Å². The molecule has 0 bridgehead atoms. The minimum absolute atomic E-state index is 0.0152. The van der Waals surface area contributed by atoms with Crippen molar-refractivity contribution in [3.05, 3.63) is 59.7 Å². The van der Waals surface area contributed by atoms with E-state index in [4.69, 9.17) is 5.73 Å². The molecule has 0 aromatic heterocycles. The summed E-state index contributed by atoms with van der Waals surface area (Å²) in [5.41, 5.74) is 8.74. The molecule has 0 unspecified atom stereocenters. The SMILES string of the molecule is Cc1ccc(N2CCCN(C(=O)c3ccc(NC(N)=O)cc3)CC2)cc1. The highest BCUT2D eigenvalue weighted by atomic mass is 16.2. The molecule has 2 aromatic rings. The number of carbonyl (C=O) groups excluding carboxylic acids is 2. The van der Waals surface area contributed by atoms with Gasteiger partial charge in [0, 0.05) is 43.1 Å². The molecule has 1 saturated heterocycles. The van der Waals surface area contributed by atoms with Gasteiger partial charge in [-0.1, -0.05) is 17.7 Å². The molecule has 0 spiro atoms. The first-order chi connectivity index (χ1) is 12.5. The van der Waals surface area contributed by atoms with Gasteiger partial charge < -0.3 is 20.9 Å². The maximum Gasteiger partial charge on any atom is 0.316 e. The fourth-order valence-corrected chi connectivity index (χ4v) is 3.16. The number of anilines is 2. The minimum atomic E-state index is -0.618. The van der Waals surface area contributed by atoms with E-state index in [0.717, 1.165) is 26.1 Å². The Bertz CT molecular complexity index is 771. The summed E-state index contributed by atoms with van der Waals surface area (Å²) in [6.07, 6.45) is 0.931. The maximum absolute atomic E-state index is 12.8. The van der Waals surface area contributed by atoms with Crippen LogP contribution in [0.15, 0.2) is 48.5 Å². The first kappa shape index (κ1) is 17.8. The summed E-state index contributed by atoms with van der Waals surface area (Å²) >= 11 is 0. The van der Waals surface area contributed by atoms with Gasteiger partial charge in [0.25, 0.3) is 5.91 Å². The molecule has 0 radical (unpaired) electrons. The van der Waals surface area contributed by atoms with Gasteiger partial charge in [0.2, 0.25) is 0 Å². The third kappa shape index (κ3) is 4.33. The number of amides is 3. The van der Waals surface area contributed by atoms with E-state index >= 15 is 0 Å². The van der Waals surface area contributed by atoms with Crippen molar-refractivity contribution in [3.8, 4) is 0 Å². The summed E-state index contributed by atoms with van der Waals surface area (Å²) in [6.45, 7) is 5.26. The van der Waals surface area contributed by atoms with Crippen LogP contribution in [0.5, 0.6) is 0 Å². The first-order valence-corrected chi connectivity index (χ1v) is 8.80. The van der Waals surface area contributed by atoms with E-state index in [1.165, 1.54) is 11.3 Å². The van der Waals surface area contributed by atoms with Crippen LogP contribution in [0.1, 0.15) is 22.3 Å². The molecule has 1 aliphatic rings. The number of urea groups is 1. The number of hydrogen-bond donors (Lipinski definition) is 2. The topological polar surface area (TPSA) is 78.7 Å². The Hall–Kier alpha value is -3.02. The zero-order chi connectivity index (χ0) is 18.5. The molecule has 2 aromatic carbocycles. The van der Waals surface area contributed by atoms with E-state index in [1.807, 2.05) is 4.90 Å². The van der Waals surface area contributed by atoms with Gasteiger partial charge in [0.05, 0.1) is 0 Å². The summed E-state index contributed by atoms with van der Waals surface area (Å²) < 4.78 is 0. The lowest BCUT2D eigenvalue weighted by Crippen LogP contribution is -2.35. The van der Waals surface area contributed by atoms with Crippen LogP contribution in [0, 0.1) is 6.92 Å². The number of aryl methyl sites for hydroxylation is 1. The molecule has 1 heterocycles. The smallest absolute Gasteiger partial charge is 0.316 e. The number of primary amides is 1. The summed E-state index contributed by atoms with van der Waals surface area (Å²) in [6, 6.07) is 14.7. The van der Waals surface area contributed by atoms with Crippen molar-refractivity contribution >= 4 is 23.3 Å². The highest BCUT2D eigenvalue weighted by molar-refractivity contribution is 5.95. The fourth-order valence-electron chi connectivity index (χ4n) is 3.16. The predicted molar refractivity (Wildman–Crippen MR) is 104 cm³/mol. The molecule has 6 heteroatoms. The normalized spacial score (nSPS) is 14.7. The van der Waals surface area contributed by atoms with Crippen LogP contribution in [-0.2, 0) is 0 Å². The number of hydrogen-bond acceptors (Lipinski definition) is 3. The molecule has 3 N–H and O–H groups in total. The molecule has 0 saturated carbocycles. The average molecular weight is 352 g/mol. The van der Waals surface area contributed by atoms with Crippen molar-refractivity contribution in [3.63, 3.8) is 0 Å². The zero-order valence-corrected chi connectivity index (χ0v) is 14.9. The van der Waals surface area contributed by atoms with Crippen LogP contribution in [-0.4, -0.2) is 43.0 Å². The van der Waals surface area contributed by atoms with E-state index in [2.05, 4.69) is 41.4 Å². The van der Waals surface area contributed by atoms with E-state index < -0.39 is 6.03 Å². The monoisotopic (exact) mass is 352 g/mol. The lowest BCUT2D eigenvalue weighted by Gasteiger charge is -2.24. The standard InChI is InChI=1S/C20H24N4O2/c1-15-3-9-18(10-4-15)23-11-2-12-24(14-13-23)19(25)16-5-7-17(8-6-16)22-20(21)26/h3-10H,2,11-14H2,1H3,(H3,21,22,26). The Morgan fingerprint density at radius 2 is 1.62 bits per heavy atom. The summed E-state index contributed by atoms with van der Waals surface area (Å²) in [5, 5.41) is 2.50. The van der Waals surface area contributed by atoms with Crippen LogP contribution in [0.4, 0.5) is 16.2 Å². The number of nitrogens with two attached hydrogens (primary N) is 1. The van der Waals surface area contributed by atoms with Crippen LogP contribution in [0.3, 0.4) is 0 Å². The third-order valence-electron chi connectivity index (χ3n) is 4.58. The predicted octanol–water partition coefficient (Wildman–Crippen LogP) is 2.84. The number of rotatable bonds is 3. The van der Waals surface area contributed by atoms with Gasteiger partial charge in [-0.15, -0.1) is 0 Å². The number of nitrogens with zero attached hydrogens (tertiary/aromatic N) is 2. The van der Waals surface area contributed by atoms with Crippen molar-refractivity contribution in [2.24, 2.45) is 5.73 Å². The highest BCUT2D eigenvalue weighted by Gasteiger charge is 2.20. The second-order valence-electron chi connectivity index (χ2n) is 6.53. The summed E-state index contributed by atoms with van der Waals surface area (Å²) in [7, 11) is 0. The van der Waals surface area contributed by atoms with Gasteiger partial charge in [-0.2, -0.15) is 0 Å². The Balaban J connectivity index is 1.63. The van der Waals surface area contributed by atoms with Gasteiger partial charge in [-0.25, -0.2) is 4.79 Å². The van der Waals surface area contributed by atoms with Crippen molar-refractivity contribution in [2.45, 2.75) is 13.3 Å². The summed E-state index contributed by atoms with van der Waals surface area (Å²) in [4.78, 5) is 27.9. The maximum atomic E-state index is 12.8. The van der Waals surface area contributed by atoms with Gasteiger partial charge in [-0.3, -0.25) is 4.79 Å². The lowest BCUT2D eigenvalue weighted by atomic mass is 10.1. The lowest BCUT2D eigenvalue weighted by molar-refractivity contribution is 0.0767. The molecule has 6 nitrogen and oxygen atoms in total. The second-order valence-corrected chi connectivity index (χ2v) is 6.53. The van der Waals surface area contributed by atoms with Crippen molar-refractivity contribution in [1.29, 1.82) is 0 Å². The average Bonchev–Trinajstić information content (AvgIpc) is 2.88. The quantitative estimate of drug-likeness (QED) is 0.891. The first-order valence-electron chi connectivity index (χ1n) is 8.80. The van der Waals surface area contributed by atoms with Gasteiger partial charge >= 0.3 is 6.03 Å². The molecule has 26 heavy (non-hydrogen) atoms. The number of nitrogens with one attached hydrogen (secondary N) is 1. The van der Waals surface area contributed by atoms with Crippen molar-refractivity contribution < 1.29 is 9.59 Å². The molecule has 3 amide bonds. The van der Waals surface area contributed by atoms with Crippen LogP contribution in [0.25, 0.3) is 0 Å². The Kier molecular flexibility index (Phi) is 5.41. The van der Waals surface area contributed by atoms with Crippen molar-refractivity contribution in [1.82, 2.24) is 4.90 Å². The molecule has 0 aliphatic carbocycles. The van der Waals surface area contributed by atoms with Gasteiger partial charge in [0.15, 0.2) is 0 Å². The van der Waals surface area contributed by atoms with Gasteiger partial charge in [-0.05, 0) is 49.7 Å². The molecule has 1 fully saturated rings. The molecular weight excluding hydrogens is 328 g/mol. The molecule has 0 atom stereocenters.